The van der Waals surface area contributed by atoms with E-state index in [1.165, 1.54) is 5.56 Å². The summed E-state index contributed by atoms with van der Waals surface area (Å²) in [5, 5.41) is 12.8. The highest BCUT2D eigenvalue weighted by Gasteiger charge is 2.70. The van der Waals surface area contributed by atoms with Gasteiger partial charge in [-0.3, -0.25) is 14.5 Å². The number of benzene rings is 2. The summed E-state index contributed by atoms with van der Waals surface area (Å²) in [6, 6.07) is 18.1. The average Bonchev–Trinajstić information content (AvgIpc) is 3.06. The van der Waals surface area contributed by atoms with Gasteiger partial charge in [-0.1, -0.05) is 36.4 Å². The van der Waals surface area contributed by atoms with E-state index in [2.05, 4.69) is 47.1 Å². The van der Waals surface area contributed by atoms with Gasteiger partial charge in [0, 0.05) is 43.1 Å². The Morgan fingerprint density at radius 3 is 2.70 bits per heavy atom. The minimum absolute atomic E-state index is 0.0149. The first-order chi connectivity index (χ1) is 17.8. The van der Waals surface area contributed by atoms with Crippen LogP contribution in [-0.2, 0) is 24.7 Å². The number of amides is 1. The van der Waals surface area contributed by atoms with Gasteiger partial charge in [-0.2, -0.15) is 0 Å². The standard InChI is InChI=1S/C30H33N3O4/c1-18-8-9-22(37-2)13-24(18)29-14-21-17-33(11-10-19-6-4-3-5-7-19)26(21)30(29,36)15-20-12-23(27(31)34)28(35)32-25(20)16-29/h3-9,12-13,21,26,36H,10-11,14-17H2,1-2H3,(H2,31,34)(H,32,35)/t21?,26-,29-,30-/m1/s1. The van der Waals surface area contributed by atoms with E-state index in [9.17, 15) is 14.7 Å². The number of aliphatic hydroxyl groups is 1. The summed E-state index contributed by atoms with van der Waals surface area (Å²) >= 11 is 0. The fourth-order valence-corrected chi connectivity index (χ4v) is 7.48. The zero-order valence-electron chi connectivity index (χ0n) is 21.3. The van der Waals surface area contributed by atoms with Gasteiger partial charge in [-0.15, -0.1) is 0 Å². The van der Waals surface area contributed by atoms with Gasteiger partial charge >= 0.3 is 0 Å². The normalized spacial score (nSPS) is 28.1. The lowest BCUT2D eigenvalue weighted by molar-refractivity contribution is -0.116. The topological polar surface area (TPSA) is 109 Å². The molecule has 2 aromatic carbocycles. The third-order valence-electron chi connectivity index (χ3n) is 9.15. The van der Waals surface area contributed by atoms with Crippen LogP contribution in [0.2, 0.25) is 0 Å². The highest BCUT2D eigenvalue weighted by molar-refractivity contribution is 5.92. The number of carbonyl (C=O) groups is 1. The molecule has 0 spiro atoms. The van der Waals surface area contributed by atoms with Gasteiger partial charge in [0.2, 0.25) is 0 Å². The molecule has 3 aliphatic rings. The number of aryl methyl sites for hydroxylation is 1. The van der Waals surface area contributed by atoms with Crippen LogP contribution in [0.5, 0.6) is 5.75 Å². The average molecular weight is 500 g/mol. The summed E-state index contributed by atoms with van der Waals surface area (Å²) in [4.78, 5) is 30.0. The number of aromatic amines is 1. The maximum atomic E-state index is 12.8. The number of rotatable bonds is 6. The Balaban J connectivity index is 1.45. The van der Waals surface area contributed by atoms with E-state index in [0.717, 1.165) is 54.1 Å². The van der Waals surface area contributed by atoms with Gasteiger partial charge in [0.25, 0.3) is 11.5 Å². The molecule has 1 unspecified atom stereocenters. The number of carbonyl (C=O) groups excluding carboxylic acids is 1. The lowest BCUT2D eigenvalue weighted by Gasteiger charge is -2.55. The SMILES string of the molecule is COc1ccc(C)c([C@@]23Cc4[nH]c(=O)c(C(N)=O)cc4C[C@@]2(O)[C@H]2C(CN2CCc2ccccc2)C3)c1. The minimum atomic E-state index is -1.08. The third kappa shape index (κ3) is 3.55. The molecule has 7 heteroatoms. The van der Waals surface area contributed by atoms with E-state index in [4.69, 9.17) is 10.5 Å². The Bertz CT molecular complexity index is 1430. The number of hydrogen-bond acceptors (Lipinski definition) is 5. The highest BCUT2D eigenvalue weighted by Crippen LogP contribution is 2.62. The van der Waals surface area contributed by atoms with E-state index in [1.807, 2.05) is 18.2 Å². The van der Waals surface area contributed by atoms with Crippen LogP contribution in [0.1, 0.15) is 44.7 Å². The fraction of sp³-hybridized carbons (Fsp3) is 0.400. The number of hydrogen-bond donors (Lipinski definition) is 3. The number of likely N-dealkylation sites (tertiary alicyclic amines) is 1. The molecule has 4 N–H and O–H groups in total. The summed E-state index contributed by atoms with van der Waals surface area (Å²) in [7, 11) is 1.65. The molecule has 37 heavy (non-hydrogen) atoms. The number of nitrogens with one attached hydrogen (secondary N) is 1. The van der Waals surface area contributed by atoms with Gasteiger partial charge in [0.05, 0.1) is 12.7 Å². The first-order valence-corrected chi connectivity index (χ1v) is 13.0. The van der Waals surface area contributed by atoms with Crippen LogP contribution in [0.3, 0.4) is 0 Å². The van der Waals surface area contributed by atoms with Crippen molar-refractivity contribution in [3.63, 3.8) is 0 Å². The van der Waals surface area contributed by atoms with Gasteiger partial charge in [0.15, 0.2) is 0 Å². The van der Waals surface area contributed by atoms with Crippen molar-refractivity contribution in [2.45, 2.75) is 49.7 Å². The largest absolute Gasteiger partial charge is 0.497 e. The number of aromatic nitrogens is 1. The Kier molecular flexibility index (Phi) is 5.55. The van der Waals surface area contributed by atoms with Crippen LogP contribution in [0.4, 0.5) is 0 Å². The monoisotopic (exact) mass is 499 g/mol. The maximum Gasteiger partial charge on any atom is 0.261 e. The molecule has 1 aliphatic heterocycles. The number of ether oxygens (including phenoxy) is 1. The molecule has 2 aliphatic carbocycles. The molecule has 192 valence electrons. The lowest BCUT2D eigenvalue weighted by Crippen LogP contribution is -2.68. The second-order valence-corrected chi connectivity index (χ2v) is 11.1. The number of primary amides is 1. The zero-order valence-corrected chi connectivity index (χ0v) is 21.3. The second kappa shape index (κ2) is 8.57. The van der Waals surface area contributed by atoms with E-state index in [0.29, 0.717) is 18.8 Å². The van der Waals surface area contributed by atoms with Gasteiger partial charge in [-0.05, 0) is 66.1 Å². The summed E-state index contributed by atoms with van der Waals surface area (Å²) in [6.45, 7) is 3.88. The molecule has 1 amide bonds. The molecule has 0 radical (unpaired) electrons. The Labute approximate surface area is 216 Å². The second-order valence-electron chi connectivity index (χ2n) is 11.1. The van der Waals surface area contributed by atoms with E-state index in [1.54, 1.807) is 13.2 Å². The van der Waals surface area contributed by atoms with Crippen LogP contribution < -0.4 is 16.0 Å². The first kappa shape index (κ1) is 23.9. The smallest absolute Gasteiger partial charge is 0.261 e. The van der Waals surface area contributed by atoms with Crippen molar-refractivity contribution in [3.05, 3.63) is 98.5 Å². The predicted molar refractivity (Wildman–Crippen MR) is 141 cm³/mol. The quantitative estimate of drug-likeness (QED) is 0.483. The number of nitrogens with zero attached hydrogens (tertiary/aromatic N) is 1. The predicted octanol–water partition coefficient (Wildman–Crippen LogP) is 2.51. The molecule has 3 aromatic rings. The Hall–Kier alpha value is -3.42. The zero-order chi connectivity index (χ0) is 25.9. The Morgan fingerprint density at radius 2 is 1.97 bits per heavy atom. The molecule has 1 saturated heterocycles. The van der Waals surface area contributed by atoms with Crippen molar-refractivity contribution >= 4 is 5.91 Å². The molecule has 4 atom stereocenters. The van der Waals surface area contributed by atoms with Gasteiger partial charge in [0.1, 0.15) is 11.3 Å². The molecular weight excluding hydrogens is 466 g/mol. The number of nitrogens with two attached hydrogens (primary N) is 1. The number of H-pyrrole nitrogens is 1. The number of pyridine rings is 1. The first-order valence-electron chi connectivity index (χ1n) is 13.0. The minimum Gasteiger partial charge on any atom is -0.497 e. The Morgan fingerprint density at radius 1 is 1.19 bits per heavy atom. The number of methoxy groups -OCH3 is 1. The van der Waals surface area contributed by atoms with Crippen molar-refractivity contribution in [1.29, 1.82) is 0 Å². The fourth-order valence-electron chi connectivity index (χ4n) is 7.48. The van der Waals surface area contributed by atoms with E-state index < -0.39 is 22.5 Å². The molecular formula is C30H33N3O4. The van der Waals surface area contributed by atoms with Crippen molar-refractivity contribution in [1.82, 2.24) is 9.88 Å². The molecule has 1 aromatic heterocycles. The number of fused-ring (bicyclic) bond motifs is 4. The molecule has 6 rings (SSSR count). The van der Waals surface area contributed by atoms with Crippen LogP contribution in [0.15, 0.2) is 59.4 Å². The molecule has 0 bridgehead atoms. The lowest BCUT2D eigenvalue weighted by atomic mass is 9.59. The molecule has 7 nitrogen and oxygen atoms in total. The summed E-state index contributed by atoms with van der Waals surface area (Å²) in [6.07, 6.45) is 2.57. The third-order valence-corrected chi connectivity index (χ3v) is 9.15. The van der Waals surface area contributed by atoms with Crippen molar-refractivity contribution in [3.8, 4) is 5.75 Å². The van der Waals surface area contributed by atoms with Gasteiger partial charge in [-0.25, -0.2) is 0 Å². The summed E-state index contributed by atoms with van der Waals surface area (Å²) in [5.41, 5.74) is 8.30. The van der Waals surface area contributed by atoms with E-state index >= 15 is 0 Å². The highest BCUT2D eigenvalue weighted by atomic mass is 16.5. The van der Waals surface area contributed by atoms with Crippen LogP contribution in [-0.4, -0.2) is 52.7 Å². The summed E-state index contributed by atoms with van der Waals surface area (Å²) in [5.74, 6) is 0.331. The van der Waals surface area contributed by atoms with Crippen molar-refractivity contribution in [2.75, 3.05) is 20.2 Å². The summed E-state index contributed by atoms with van der Waals surface area (Å²) < 4.78 is 5.59. The van der Waals surface area contributed by atoms with E-state index in [-0.39, 0.29) is 11.6 Å². The van der Waals surface area contributed by atoms with Gasteiger partial charge < -0.3 is 20.6 Å². The molecule has 2 heterocycles. The van der Waals surface area contributed by atoms with Crippen LogP contribution in [0, 0.1) is 12.8 Å². The van der Waals surface area contributed by atoms with Crippen molar-refractivity contribution < 1.29 is 14.6 Å². The molecule has 1 saturated carbocycles. The van der Waals surface area contributed by atoms with Crippen LogP contribution in [0.25, 0.3) is 0 Å². The molecule has 2 fully saturated rings. The maximum absolute atomic E-state index is 12.8. The van der Waals surface area contributed by atoms with Crippen molar-refractivity contribution in [2.24, 2.45) is 11.7 Å². The van der Waals surface area contributed by atoms with Crippen LogP contribution >= 0.6 is 0 Å².